The van der Waals surface area contributed by atoms with Gasteiger partial charge in [0.05, 0.1) is 18.5 Å². The molecule has 2 atom stereocenters. The lowest BCUT2D eigenvalue weighted by molar-refractivity contribution is -0.143. The van der Waals surface area contributed by atoms with Crippen LogP contribution in [0.5, 0.6) is 0 Å². The average Bonchev–Trinajstić information content (AvgIpc) is 3.38. The lowest BCUT2D eigenvalue weighted by atomic mass is 9.89. The van der Waals surface area contributed by atoms with Gasteiger partial charge in [0.1, 0.15) is 5.82 Å². The molecule has 0 saturated carbocycles. The van der Waals surface area contributed by atoms with E-state index in [1.807, 2.05) is 16.7 Å². The molecule has 2 amide bonds. The number of hydrogen-bond donors (Lipinski definition) is 0. The zero-order valence-corrected chi connectivity index (χ0v) is 21.6. The highest BCUT2D eigenvalue weighted by Crippen LogP contribution is 2.40. The first-order valence-electron chi connectivity index (χ1n) is 12.6. The number of fused-ring (bicyclic) bond motifs is 1. The van der Waals surface area contributed by atoms with Crippen molar-refractivity contribution in [2.75, 3.05) is 32.7 Å². The van der Waals surface area contributed by atoms with Crippen molar-refractivity contribution >= 4 is 23.2 Å². The number of carbonyl (C=O) groups is 2. The van der Waals surface area contributed by atoms with Crippen LogP contribution in [0, 0.1) is 12.7 Å². The maximum absolute atomic E-state index is 13.7. The van der Waals surface area contributed by atoms with Gasteiger partial charge >= 0.3 is 0 Å². The third-order valence-electron chi connectivity index (χ3n) is 7.55. The Kier molecular flexibility index (Phi) is 7.21. The van der Waals surface area contributed by atoms with Crippen molar-refractivity contribution in [1.82, 2.24) is 14.7 Å². The van der Waals surface area contributed by atoms with Crippen molar-refractivity contribution in [2.45, 2.75) is 38.8 Å². The Hall–Kier alpha value is -3.03. The van der Waals surface area contributed by atoms with Gasteiger partial charge in [-0.3, -0.25) is 14.5 Å². The molecule has 5 nitrogen and oxygen atoms in total. The van der Waals surface area contributed by atoms with E-state index in [1.165, 1.54) is 33.7 Å². The Balaban J connectivity index is 1.25. The van der Waals surface area contributed by atoms with Crippen molar-refractivity contribution in [3.8, 4) is 0 Å². The molecule has 0 bridgehead atoms. The number of amides is 2. The molecule has 2 aliphatic rings. The van der Waals surface area contributed by atoms with Crippen molar-refractivity contribution in [3.63, 3.8) is 0 Å². The molecule has 1 saturated heterocycles. The Morgan fingerprint density at radius 3 is 2.36 bits per heavy atom. The van der Waals surface area contributed by atoms with E-state index in [0.717, 1.165) is 18.5 Å². The number of thiophene rings is 1. The minimum atomic E-state index is -0.305. The summed E-state index contributed by atoms with van der Waals surface area (Å²) in [5.74, 6) is -0.165. The fourth-order valence-electron chi connectivity index (χ4n) is 5.46. The summed E-state index contributed by atoms with van der Waals surface area (Å²) in [5, 5.41) is 2.16. The summed E-state index contributed by atoms with van der Waals surface area (Å²) in [6, 6.07) is 16.5. The highest BCUT2D eigenvalue weighted by molar-refractivity contribution is 7.10. The second-order valence-electron chi connectivity index (χ2n) is 9.73. The van der Waals surface area contributed by atoms with Gasteiger partial charge in [0.25, 0.3) is 0 Å². The second-order valence-corrected chi connectivity index (χ2v) is 10.7. The van der Waals surface area contributed by atoms with Crippen LogP contribution in [0.1, 0.15) is 40.1 Å². The maximum atomic E-state index is 13.7. The first-order valence-corrected chi connectivity index (χ1v) is 13.5. The quantitative estimate of drug-likeness (QED) is 0.515. The first kappa shape index (κ1) is 24.7. The van der Waals surface area contributed by atoms with E-state index < -0.39 is 0 Å². The Labute approximate surface area is 216 Å². The molecule has 2 aromatic carbocycles. The topological polar surface area (TPSA) is 43.9 Å². The number of piperazine rings is 1. The molecule has 3 aromatic rings. The van der Waals surface area contributed by atoms with Crippen molar-refractivity contribution in [3.05, 3.63) is 92.9 Å². The van der Waals surface area contributed by atoms with E-state index in [4.69, 9.17) is 0 Å². The maximum Gasteiger partial charge on any atom is 0.239 e. The van der Waals surface area contributed by atoms with Gasteiger partial charge in [-0.25, -0.2) is 4.39 Å². The molecule has 0 aliphatic carbocycles. The fourth-order valence-corrected chi connectivity index (χ4v) is 6.37. The summed E-state index contributed by atoms with van der Waals surface area (Å²) in [5.41, 5.74) is 4.61. The van der Waals surface area contributed by atoms with Gasteiger partial charge < -0.3 is 9.80 Å². The molecule has 36 heavy (non-hydrogen) atoms. The predicted octanol–water partition coefficient (Wildman–Crippen LogP) is 4.45. The Morgan fingerprint density at radius 1 is 0.944 bits per heavy atom. The lowest BCUT2D eigenvalue weighted by Crippen LogP contribution is -2.56. The van der Waals surface area contributed by atoms with Gasteiger partial charge in [-0.2, -0.15) is 0 Å². The van der Waals surface area contributed by atoms with E-state index in [1.54, 1.807) is 23.5 Å². The standard InChI is InChI=1S/C29H32FN3O2S/c1-20-5-3-4-6-24(20)28-25-12-18-36-26(25)11-13-33(28)21(2)29(35)32-16-14-31(15-17-32)27(34)19-22-7-9-23(30)10-8-22/h3-10,12,18,21,28H,11,13-17,19H2,1-2H3/t21-,28-/m0/s1. The van der Waals surface area contributed by atoms with Crippen LogP contribution in [0.4, 0.5) is 4.39 Å². The summed E-state index contributed by atoms with van der Waals surface area (Å²) >= 11 is 1.81. The number of rotatable bonds is 5. The van der Waals surface area contributed by atoms with Crippen LogP contribution in [0.2, 0.25) is 0 Å². The van der Waals surface area contributed by atoms with Crippen molar-refractivity contribution in [2.24, 2.45) is 0 Å². The second kappa shape index (κ2) is 10.5. The molecule has 1 aromatic heterocycles. The molecule has 0 unspecified atom stereocenters. The minimum Gasteiger partial charge on any atom is -0.339 e. The molecular formula is C29H32FN3O2S. The zero-order chi connectivity index (χ0) is 25.2. The third kappa shape index (κ3) is 4.95. The molecular weight excluding hydrogens is 473 g/mol. The fraction of sp³-hybridized carbons (Fsp3) is 0.379. The molecule has 1 fully saturated rings. The summed E-state index contributed by atoms with van der Waals surface area (Å²) in [6.07, 6.45) is 1.21. The van der Waals surface area contributed by atoms with Crippen LogP contribution in [0.25, 0.3) is 0 Å². The van der Waals surface area contributed by atoms with Crippen LogP contribution in [0.3, 0.4) is 0 Å². The Bertz CT molecular complexity index is 1230. The highest BCUT2D eigenvalue weighted by atomic mass is 32.1. The molecule has 3 heterocycles. The van der Waals surface area contributed by atoms with Crippen molar-refractivity contribution in [1.29, 1.82) is 0 Å². The van der Waals surface area contributed by atoms with Gasteiger partial charge in [-0.15, -0.1) is 11.3 Å². The highest BCUT2D eigenvalue weighted by Gasteiger charge is 2.37. The van der Waals surface area contributed by atoms with Gasteiger partial charge in [-0.05, 0) is 66.1 Å². The summed E-state index contributed by atoms with van der Waals surface area (Å²) in [4.78, 5) is 33.9. The normalized spacial score (nSPS) is 19.1. The van der Waals surface area contributed by atoms with Crippen LogP contribution in [-0.4, -0.2) is 65.3 Å². The number of aryl methyl sites for hydroxylation is 1. The SMILES string of the molecule is Cc1ccccc1[C@H]1c2ccsc2CCN1[C@@H](C)C(=O)N1CCN(C(=O)Cc2ccc(F)cc2)CC1. The molecule has 0 radical (unpaired) electrons. The largest absolute Gasteiger partial charge is 0.339 e. The molecule has 0 spiro atoms. The Morgan fingerprint density at radius 2 is 1.64 bits per heavy atom. The van der Waals surface area contributed by atoms with Gasteiger partial charge in [0.15, 0.2) is 0 Å². The minimum absolute atomic E-state index is 0.0161. The lowest BCUT2D eigenvalue weighted by Gasteiger charge is -2.43. The molecule has 7 heteroatoms. The van der Waals surface area contributed by atoms with Gasteiger partial charge in [-0.1, -0.05) is 36.4 Å². The number of carbonyl (C=O) groups excluding carboxylic acids is 2. The van der Waals surface area contributed by atoms with Crippen LogP contribution >= 0.6 is 11.3 Å². The molecule has 188 valence electrons. The van der Waals surface area contributed by atoms with Crippen LogP contribution in [-0.2, 0) is 22.4 Å². The molecule has 2 aliphatic heterocycles. The summed E-state index contributed by atoms with van der Waals surface area (Å²) in [6.45, 7) is 7.12. The van der Waals surface area contributed by atoms with E-state index in [0.29, 0.717) is 26.2 Å². The number of nitrogens with zero attached hydrogens (tertiary/aromatic N) is 3. The molecule has 0 N–H and O–H groups in total. The van der Waals surface area contributed by atoms with E-state index in [9.17, 15) is 14.0 Å². The number of benzene rings is 2. The van der Waals surface area contributed by atoms with E-state index in [-0.39, 0.29) is 36.1 Å². The number of halogens is 1. The van der Waals surface area contributed by atoms with E-state index >= 15 is 0 Å². The van der Waals surface area contributed by atoms with Crippen LogP contribution < -0.4 is 0 Å². The first-order chi connectivity index (χ1) is 17.4. The summed E-state index contributed by atoms with van der Waals surface area (Å²) < 4.78 is 13.2. The van der Waals surface area contributed by atoms with Crippen molar-refractivity contribution < 1.29 is 14.0 Å². The zero-order valence-electron chi connectivity index (χ0n) is 20.8. The van der Waals surface area contributed by atoms with Crippen LogP contribution in [0.15, 0.2) is 60.0 Å². The van der Waals surface area contributed by atoms with Gasteiger partial charge in [0.2, 0.25) is 11.8 Å². The monoisotopic (exact) mass is 505 g/mol. The van der Waals surface area contributed by atoms with E-state index in [2.05, 4.69) is 47.5 Å². The van der Waals surface area contributed by atoms with Gasteiger partial charge in [0, 0.05) is 37.6 Å². The predicted molar refractivity (Wildman–Crippen MR) is 140 cm³/mol. The molecule has 5 rings (SSSR count). The average molecular weight is 506 g/mol. The smallest absolute Gasteiger partial charge is 0.239 e. The summed E-state index contributed by atoms with van der Waals surface area (Å²) in [7, 11) is 0. The third-order valence-corrected chi connectivity index (χ3v) is 8.55. The number of hydrogen-bond acceptors (Lipinski definition) is 4.